The summed E-state index contributed by atoms with van der Waals surface area (Å²) < 4.78 is 10.4. The van der Waals surface area contributed by atoms with Crippen LogP contribution in [-0.2, 0) is 9.53 Å². The van der Waals surface area contributed by atoms with Crippen molar-refractivity contribution in [3.05, 3.63) is 23.7 Å². The predicted molar refractivity (Wildman–Crippen MR) is 76.0 cm³/mol. The smallest absolute Gasteiger partial charge is 0.306 e. The Bertz CT molecular complexity index is 440. The summed E-state index contributed by atoms with van der Waals surface area (Å²) >= 11 is 1.78. The van der Waals surface area contributed by atoms with Crippen molar-refractivity contribution in [1.82, 2.24) is 0 Å². The fraction of sp³-hybridized carbons (Fsp3) is 0.643. The lowest BCUT2D eigenvalue weighted by Crippen LogP contribution is -2.16. The second-order valence-electron chi connectivity index (χ2n) is 5.24. The molecule has 1 aliphatic rings. The summed E-state index contributed by atoms with van der Waals surface area (Å²) in [5.74, 6) is 2.66. The van der Waals surface area contributed by atoms with Gasteiger partial charge in [-0.2, -0.15) is 0 Å². The number of hydrogen-bond donors (Lipinski definition) is 1. The lowest BCUT2D eigenvalue weighted by Gasteiger charge is -2.17. The number of methoxy groups -OCH3 is 1. The number of furan rings is 1. The van der Waals surface area contributed by atoms with Crippen molar-refractivity contribution in [2.45, 2.75) is 31.4 Å². The second-order valence-corrected chi connectivity index (χ2v) is 6.43. The maximum atomic E-state index is 11.4. The van der Waals surface area contributed by atoms with Crippen molar-refractivity contribution >= 4 is 17.7 Å². The van der Waals surface area contributed by atoms with Gasteiger partial charge in [-0.3, -0.25) is 4.79 Å². The molecule has 19 heavy (non-hydrogen) atoms. The van der Waals surface area contributed by atoms with Gasteiger partial charge in [0.1, 0.15) is 11.5 Å². The van der Waals surface area contributed by atoms with E-state index in [1.807, 2.05) is 19.1 Å². The number of nitrogens with two attached hydrogens (primary N) is 1. The van der Waals surface area contributed by atoms with Gasteiger partial charge in [0, 0.05) is 12.3 Å². The van der Waals surface area contributed by atoms with Crippen LogP contribution >= 0.6 is 11.8 Å². The highest BCUT2D eigenvalue weighted by atomic mass is 32.2. The van der Waals surface area contributed by atoms with Crippen molar-refractivity contribution in [1.29, 1.82) is 0 Å². The molecule has 1 fully saturated rings. The number of rotatable bonds is 7. The molecule has 1 aliphatic carbocycles. The third-order valence-corrected chi connectivity index (χ3v) is 5.19. The van der Waals surface area contributed by atoms with E-state index in [-0.39, 0.29) is 16.6 Å². The van der Waals surface area contributed by atoms with E-state index in [0.29, 0.717) is 13.0 Å². The monoisotopic (exact) mass is 283 g/mol. The Morgan fingerprint density at radius 1 is 1.58 bits per heavy atom. The molecule has 1 unspecified atom stereocenters. The van der Waals surface area contributed by atoms with Gasteiger partial charge >= 0.3 is 5.97 Å². The number of ether oxygens (including phenoxy) is 1. The van der Waals surface area contributed by atoms with Crippen LogP contribution in [0, 0.1) is 12.3 Å². The largest absolute Gasteiger partial charge is 0.469 e. The first-order valence-electron chi connectivity index (χ1n) is 6.53. The van der Waals surface area contributed by atoms with Crippen LogP contribution in [0.15, 0.2) is 16.5 Å². The van der Waals surface area contributed by atoms with Crippen LogP contribution in [0.3, 0.4) is 0 Å². The minimum absolute atomic E-state index is 0.115. The Balaban J connectivity index is 1.88. The summed E-state index contributed by atoms with van der Waals surface area (Å²) in [7, 11) is 1.44. The molecular formula is C14H21NO3S. The fourth-order valence-corrected chi connectivity index (χ4v) is 3.47. The molecular weight excluding hydrogens is 262 g/mol. The molecule has 0 saturated heterocycles. The first-order valence-corrected chi connectivity index (χ1v) is 7.58. The Morgan fingerprint density at radius 2 is 2.32 bits per heavy atom. The van der Waals surface area contributed by atoms with E-state index in [0.717, 1.165) is 30.1 Å². The molecule has 0 radical (unpaired) electrons. The molecule has 0 spiro atoms. The van der Waals surface area contributed by atoms with Crippen molar-refractivity contribution in [2.75, 3.05) is 19.4 Å². The fourth-order valence-electron chi connectivity index (χ4n) is 2.10. The second kappa shape index (κ2) is 6.01. The molecule has 5 heteroatoms. The molecule has 2 N–H and O–H groups in total. The summed E-state index contributed by atoms with van der Waals surface area (Å²) in [4.78, 5) is 11.4. The number of carbonyl (C=O) groups is 1. The van der Waals surface area contributed by atoms with E-state index in [1.165, 1.54) is 7.11 Å². The van der Waals surface area contributed by atoms with Crippen LogP contribution in [-0.4, -0.2) is 25.4 Å². The van der Waals surface area contributed by atoms with Crippen LogP contribution in [0.25, 0.3) is 0 Å². The number of thioether (sulfide) groups is 1. The van der Waals surface area contributed by atoms with E-state index in [2.05, 4.69) is 0 Å². The molecule has 1 heterocycles. The lowest BCUT2D eigenvalue weighted by atomic mass is 10.1. The summed E-state index contributed by atoms with van der Waals surface area (Å²) in [6, 6.07) is 3.94. The average molecular weight is 283 g/mol. The average Bonchev–Trinajstić information content (AvgIpc) is 3.02. The van der Waals surface area contributed by atoms with Crippen LogP contribution < -0.4 is 5.73 Å². The topological polar surface area (TPSA) is 65.5 Å². The highest BCUT2D eigenvalue weighted by Crippen LogP contribution is 2.52. The van der Waals surface area contributed by atoms with Gasteiger partial charge in [0.25, 0.3) is 0 Å². The van der Waals surface area contributed by atoms with Gasteiger partial charge in [-0.1, -0.05) is 0 Å². The highest BCUT2D eigenvalue weighted by molar-refractivity contribution is 7.99. The van der Waals surface area contributed by atoms with Gasteiger partial charge in [-0.25, -0.2) is 0 Å². The van der Waals surface area contributed by atoms with Gasteiger partial charge in [-0.05, 0) is 37.3 Å². The normalized spacial score (nSPS) is 18.1. The van der Waals surface area contributed by atoms with Gasteiger partial charge in [0.05, 0.1) is 18.8 Å². The maximum Gasteiger partial charge on any atom is 0.306 e. The van der Waals surface area contributed by atoms with Crippen LogP contribution in [0.1, 0.15) is 36.0 Å². The van der Waals surface area contributed by atoms with Crippen molar-refractivity contribution in [3.63, 3.8) is 0 Å². The molecule has 1 aromatic heterocycles. The Labute approximate surface area is 118 Å². The summed E-state index contributed by atoms with van der Waals surface area (Å²) in [5, 5.41) is 0.170. The van der Waals surface area contributed by atoms with Gasteiger partial charge in [0.15, 0.2) is 0 Å². The molecule has 106 valence electrons. The number of aryl methyl sites for hydroxylation is 1. The molecule has 1 atom stereocenters. The molecule has 0 bridgehead atoms. The minimum atomic E-state index is -0.115. The van der Waals surface area contributed by atoms with Crippen molar-refractivity contribution in [3.8, 4) is 0 Å². The summed E-state index contributed by atoms with van der Waals surface area (Å²) in [6.45, 7) is 2.48. The van der Waals surface area contributed by atoms with Crippen LogP contribution in [0.2, 0.25) is 0 Å². The van der Waals surface area contributed by atoms with Gasteiger partial charge < -0.3 is 14.9 Å². The molecule has 0 aromatic carbocycles. The zero-order chi connectivity index (χ0) is 13.9. The maximum absolute atomic E-state index is 11.4. The lowest BCUT2D eigenvalue weighted by molar-refractivity contribution is -0.141. The van der Waals surface area contributed by atoms with Gasteiger partial charge in [0.2, 0.25) is 0 Å². The van der Waals surface area contributed by atoms with E-state index in [9.17, 15) is 4.79 Å². The SMILES string of the molecule is COC(=O)CC1(CSC(CN)c2ccc(C)o2)CC1. The molecule has 2 rings (SSSR count). The molecule has 0 aliphatic heterocycles. The molecule has 1 aromatic rings. The summed E-state index contributed by atoms with van der Waals surface area (Å²) in [5.41, 5.74) is 5.95. The zero-order valence-electron chi connectivity index (χ0n) is 11.5. The van der Waals surface area contributed by atoms with E-state index >= 15 is 0 Å². The van der Waals surface area contributed by atoms with Crippen molar-refractivity contribution in [2.24, 2.45) is 11.1 Å². The standard InChI is InChI=1S/C14H21NO3S/c1-10-3-4-11(18-10)12(8-15)19-9-14(5-6-14)7-13(16)17-2/h3-4,12H,5-9,15H2,1-2H3. The number of carbonyl (C=O) groups excluding carboxylic acids is 1. The van der Waals surface area contributed by atoms with Crippen LogP contribution in [0.5, 0.6) is 0 Å². The van der Waals surface area contributed by atoms with Crippen molar-refractivity contribution < 1.29 is 13.9 Å². The zero-order valence-corrected chi connectivity index (χ0v) is 12.3. The third-order valence-electron chi connectivity index (χ3n) is 3.59. The first-order chi connectivity index (χ1) is 9.08. The number of esters is 1. The Hall–Kier alpha value is -0.940. The van der Waals surface area contributed by atoms with Gasteiger partial charge in [-0.15, -0.1) is 11.8 Å². The third kappa shape index (κ3) is 3.76. The predicted octanol–water partition coefficient (Wildman–Crippen LogP) is 2.66. The molecule has 0 amide bonds. The quantitative estimate of drug-likeness (QED) is 0.779. The summed E-state index contributed by atoms with van der Waals surface area (Å²) in [6.07, 6.45) is 2.72. The van der Waals surface area contributed by atoms with E-state index in [4.69, 9.17) is 14.9 Å². The first kappa shape index (κ1) is 14.5. The Kier molecular flexibility index (Phi) is 4.58. The van der Waals surface area contributed by atoms with E-state index < -0.39 is 0 Å². The van der Waals surface area contributed by atoms with Crippen LogP contribution in [0.4, 0.5) is 0 Å². The Morgan fingerprint density at radius 3 is 2.79 bits per heavy atom. The molecule has 1 saturated carbocycles. The molecule has 4 nitrogen and oxygen atoms in total. The number of hydrogen-bond acceptors (Lipinski definition) is 5. The van der Waals surface area contributed by atoms with E-state index in [1.54, 1.807) is 11.8 Å². The highest BCUT2D eigenvalue weighted by Gasteiger charge is 2.45. The minimum Gasteiger partial charge on any atom is -0.469 e.